The average molecular weight is 300 g/mol. The Bertz CT molecular complexity index is 263. The third-order valence-electron chi connectivity index (χ3n) is 2.27. The van der Waals surface area contributed by atoms with Gasteiger partial charge in [0.2, 0.25) is 10.0 Å². The first kappa shape index (κ1) is 15.4. The zero-order chi connectivity index (χ0) is 12.1. The summed E-state index contributed by atoms with van der Waals surface area (Å²) in [5.74, 6) is 0.946. The van der Waals surface area contributed by atoms with Gasteiger partial charge in [0.05, 0.1) is 5.75 Å². The second kappa shape index (κ2) is 6.86. The summed E-state index contributed by atoms with van der Waals surface area (Å²) in [5.41, 5.74) is 0. The molecule has 3 nitrogen and oxygen atoms in total. The molecule has 1 unspecified atom stereocenters. The third kappa shape index (κ3) is 7.30. The lowest BCUT2D eigenvalue weighted by Gasteiger charge is -2.20. The van der Waals surface area contributed by atoms with E-state index in [-0.39, 0.29) is 11.8 Å². The van der Waals surface area contributed by atoms with Gasteiger partial charge < -0.3 is 0 Å². The predicted octanol–water partition coefficient (Wildman–Crippen LogP) is 2.37. The van der Waals surface area contributed by atoms with E-state index in [1.54, 1.807) is 0 Å². The van der Waals surface area contributed by atoms with E-state index >= 15 is 0 Å². The van der Waals surface area contributed by atoms with Crippen LogP contribution in [-0.4, -0.2) is 25.5 Å². The van der Waals surface area contributed by atoms with Crippen LogP contribution in [0.3, 0.4) is 0 Å². The SMILES string of the molecule is CC(C)CCS(=O)(=O)NC(CBr)C(C)C. The van der Waals surface area contributed by atoms with Gasteiger partial charge in [-0.3, -0.25) is 0 Å². The van der Waals surface area contributed by atoms with Gasteiger partial charge in [0.25, 0.3) is 0 Å². The van der Waals surface area contributed by atoms with Crippen LogP contribution in [0.2, 0.25) is 0 Å². The highest BCUT2D eigenvalue weighted by molar-refractivity contribution is 9.09. The topological polar surface area (TPSA) is 46.2 Å². The highest BCUT2D eigenvalue weighted by atomic mass is 79.9. The minimum absolute atomic E-state index is 0.0119. The molecule has 1 atom stereocenters. The Kier molecular flexibility index (Phi) is 7.04. The summed E-state index contributed by atoms with van der Waals surface area (Å²) in [6, 6.07) is -0.0119. The van der Waals surface area contributed by atoms with Crippen molar-refractivity contribution in [1.82, 2.24) is 4.72 Å². The van der Waals surface area contributed by atoms with Crippen molar-refractivity contribution in [3.8, 4) is 0 Å². The van der Waals surface area contributed by atoms with Crippen molar-refractivity contribution in [3.63, 3.8) is 0 Å². The number of sulfonamides is 1. The van der Waals surface area contributed by atoms with Crippen molar-refractivity contribution in [1.29, 1.82) is 0 Å². The van der Waals surface area contributed by atoms with Gasteiger partial charge in [0, 0.05) is 11.4 Å². The molecular formula is C10H22BrNO2S. The molecule has 0 aliphatic heterocycles. The smallest absolute Gasteiger partial charge is 0.211 e. The van der Waals surface area contributed by atoms with E-state index in [9.17, 15) is 8.42 Å². The van der Waals surface area contributed by atoms with Crippen molar-refractivity contribution >= 4 is 26.0 Å². The van der Waals surface area contributed by atoms with Gasteiger partial charge in [-0.2, -0.15) is 0 Å². The van der Waals surface area contributed by atoms with Crippen LogP contribution in [0.1, 0.15) is 34.1 Å². The number of nitrogens with one attached hydrogen (secondary N) is 1. The van der Waals surface area contributed by atoms with E-state index in [1.165, 1.54) is 0 Å². The van der Waals surface area contributed by atoms with Gasteiger partial charge in [-0.15, -0.1) is 0 Å². The molecule has 0 aliphatic carbocycles. The summed E-state index contributed by atoms with van der Waals surface area (Å²) >= 11 is 3.32. The second-order valence-corrected chi connectivity index (χ2v) is 7.14. The molecular weight excluding hydrogens is 278 g/mol. The lowest BCUT2D eigenvalue weighted by molar-refractivity contribution is 0.480. The minimum Gasteiger partial charge on any atom is -0.212 e. The molecule has 0 saturated carbocycles. The normalized spacial score (nSPS) is 14.9. The molecule has 0 fully saturated rings. The van der Waals surface area contributed by atoms with E-state index in [0.717, 1.165) is 0 Å². The molecule has 0 radical (unpaired) electrons. The van der Waals surface area contributed by atoms with E-state index in [1.807, 2.05) is 27.7 Å². The molecule has 15 heavy (non-hydrogen) atoms. The molecule has 0 amide bonds. The maximum atomic E-state index is 11.7. The van der Waals surface area contributed by atoms with Gasteiger partial charge in [0.1, 0.15) is 0 Å². The first-order chi connectivity index (χ1) is 6.78. The maximum Gasteiger partial charge on any atom is 0.211 e. The molecule has 0 aliphatic rings. The van der Waals surface area contributed by atoms with Crippen molar-refractivity contribution in [2.24, 2.45) is 11.8 Å². The fourth-order valence-electron chi connectivity index (χ4n) is 1.03. The van der Waals surface area contributed by atoms with Gasteiger partial charge in [-0.05, 0) is 18.3 Å². The van der Waals surface area contributed by atoms with Crippen LogP contribution < -0.4 is 4.72 Å². The van der Waals surface area contributed by atoms with E-state index in [2.05, 4.69) is 20.7 Å². The molecule has 1 N–H and O–H groups in total. The first-order valence-corrected chi connectivity index (χ1v) is 8.12. The second-order valence-electron chi connectivity index (χ2n) is 4.62. The first-order valence-electron chi connectivity index (χ1n) is 5.34. The van der Waals surface area contributed by atoms with E-state index in [0.29, 0.717) is 23.6 Å². The molecule has 0 rings (SSSR count). The highest BCUT2D eigenvalue weighted by Gasteiger charge is 2.19. The summed E-state index contributed by atoms with van der Waals surface area (Å²) in [5, 5.41) is 0.658. The van der Waals surface area contributed by atoms with Gasteiger partial charge >= 0.3 is 0 Å². The van der Waals surface area contributed by atoms with Crippen LogP contribution in [0.25, 0.3) is 0 Å². The molecule has 0 aromatic rings. The Morgan fingerprint density at radius 2 is 1.73 bits per heavy atom. The number of hydrogen-bond acceptors (Lipinski definition) is 2. The van der Waals surface area contributed by atoms with Gasteiger partial charge in [0.15, 0.2) is 0 Å². The van der Waals surface area contributed by atoms with Crippen molar-refractivity contribution in [3.05, 3.63) is 0 Å². The lowest BCUT2D eigenvalue weighted by atomic mass is 10.1. The van der Waals surface area contributed by atoms with Gasteiger partial charge in [-0.25, -0.2) is 13.1 Å². The Labute approximate surface area is 102 Å². The van der Waals surface area contributed by atoms with Gasteiger partial charge in [-0.1, -0.05) is 43.6 Å². The monoisotopic (exact) mass is 299 g/mol. The van der Waals surface area contributed by atoms with Crippen LogP contribution in [0, 0.1) is 11.8 Å². The summed E-state index contributed by atoms with van der Waals surface area (Å²) in [6.07, 6.45) is 0.711. The summed E-state index contributed by atoms with van der Waals surface area (Å²) < 4.78 is 26.1. The summed E-state index contributed by atoms with van der Waals surface area (Å²) in [6.45, 7) is 8.08. The molecule has 92 valence electrons. The predicted molar refractivity (Wildman–Crippen MR) is 68.8 cm³/mol. The maximum absolute atomic E-state index is 11.7. The van der Waals surface area contributed by atoms with Crippen LogP contribution in [0.15, 0.2) is 0 Å². The zero-order valence-corrected chi connectivity index (χ0v) is 12.4. The highest BCUT2D eigenvalue weighted by Crippen LogP contribution is 2.08. The van der Waals surface area contributed by atoms with Crippen LogP contribution in [0.5, 0.6) is 0 Å². The quantitative estimate of drug-likeness (QED) is 0.734. The average Bonchev–Trinajstić information content (AvgIpc) is 2.11. The fourth-order valence-corrected chi connectivity index (χ4v) is 3.87. The summed E-state index contributed by atoms with van der Waals surface area (Å²) in [4.78, 5) is 0. The standard InChI is InChI=1S/C10H22BrNO2S/c1-8(2)5-6-15(13,14)12-10(7-11)9(3)4/h8-10,12H,5-7H2,1-4H3. The molecule has 0 saturated heterocycles. The molecule has 0 aromatic carbocycles. The molecule has 0 bridgehead atoms. The fraction of sp³-hybridized carbons (Fsp3) is 1.00. The molecule has 0 aromatic heterocycles. The number of hydrogen-bond donors (Lipinski definition) is 1. The third-order valence-corrected chi connectivity index (χ3v) is 4.40. The van der Waals surface area contributed by atoms with Crippen LogP contribution in [0.4, 0.5) is 0 Å². The summed E-state index contributed by atoms with van der Waals surface area (Å²) in [7, 11) is -3.11. The number of alkyl halides is 1. The van der Waals surface area contributed by atoms with Crippen molar-refractivity contribution in [2.75, 3.05) is 11.1 Å². The minimum atomic E-state index is -3.11. The van der Waals surface area contributed by atoms with Crippen molar-refractivity contribution in [2.45, 2.75) is 40.2 Å². The Morgan fingerprint density at radius 3 is 2.07 bits per heavy atom. The molecule has 5 heteroatoms. The van der Waals surface area contributed by atoms with Crippen LogP contribution in [-0.2, 0) is 10.0 Å². The van der Waals surface area contributed by atoms with E-state index < -0.39 is 10.0 Å². The lowest BCUT2D eigenvalue weighted by Crippen LogP contribution is -2.41. The Balaban J connectivity index is 4.23. The zero-order valence-electron chi connectivity index (χ0n) is 9.96. The van der Waals surface area contributed by atoms with Crippen LogP contribution >= 0.6 is 15.9 Å². The van der Waals surface area contributed by atoms with E-state index in [4.69, 9.17) is 0 Å². The number of rotatable bonds is 7. The largest absolute Gasteiger partial charge is 0.212 e. The molecule has 0 heterocycles. The van der Waals surface area contributed by atoms with Crippen molar-refractivity contribution < 1.29 is 8.42 Å². The Morgan fingerprint density at radius 1 is 1.20 bits per heavy atom. The molecule has 0 spiro atoms. The Hall–Kier alpha value is 0.390. The number of halogens is 1.